The number of hydrogen-bond donors (Lipinski definition) is 0. The molecule has 2 nitrogen and oxygen atoms in total. The van der Waals surface area contributed by atoms with E-state index in [1.807, 2.05) is 0 Å². The first-order valence-electron chi connectivity index (χ1n) is 8.78. The number of piperidine rings is 1. The van der Waals surface area contributed by atoms with Crippen LogP contribution in [0.25, 0.3) is 0 Å². The van der Waals surface area contributed by atoms with Crippen molar-refractivity contribution >= 4 is 0 Å². The summed E-state index contributed by atoms with van der Waals surface area (Å²) in [6.45, 7) is 9.28. The summed E-state index contributed by atoms with van der Waals surface area (Å²) in [5.41, 5.74) is 0.684. The minimum absolute atomic E-state index is 0.684. The fourth-order valence-corrected chi connectivity index (χ4v) is 4.81. The molecule has 110 valence electrons. The average Bonchev–Trinajstić information content (AvgIpc) is 2.80. The molecule has 3 rings (SSSR count). The third-order valence-electron chi connectivity index (χ3n) is 6.11. The molecule has 2 saturated heterocycles. The van der Waals surface area contributed by atoms with Gasteiger partial charge >= 0.3 is 0 Å². The zero-order valence-corrected chi connectivity index (χ0v) is 12.9. The highest BCUT2D eigenvalue weighted by molar-refractivity contribution is 4.90. The summed E-state index contributed by atoms with van der Waals surface area (Å²) in [6, 6.07) is 0.881. The lowest BCUT2D eigenvalue weighted by Gasteiger charge is -2.38. The van der Waals surface area contributed by atoms with E-state index in [9.17, 15) is 0 Å². The van der Waals surface area contributed by atoms with E-state index in [0.29, 0.717) is 5.41 Å². The van der Waals surface area contributed by atoms with Crippen molar-refractivity contribution in [3.63, 3.8) is 0 Å². The highest BCUT2D eigenvalue weighted by atomic mass is 15.2. The summed E-state index contributed by atoms with van der Waals surface area (Å²) in [7, 11) is 0. The summed E-state index contributed by atoms with van der Waals surface area (Å²) >= 11 is 0. The maximum Gasteiger partial charge on any atom is 0.0223 e. The van der Waals surface area contributed by atoms with Crippen molar-refractivity contribution in [1.82, 2.24) is 9.80 Å². The fraction of sp³-hybridized carbons (Fsp3) is 1.00. The highest BCUT2D eigenvalue weighted by Gasteiger charge is 2.35. The third kappa shape index (κ3) is 3.16. The minimum Gasteiger partial charge on any atom is -0.301 e. The number of rotatable bonds is 3. The van der Waals surface area contributed by atoms with Gasteiger partial charge in [-0.2, -0.15) is 0 Å². The first-order chi connectivity index (χ1) is 9.31. The predicted molar refractivity (Wildman–Crippen MR) is 81.5 cm³/mol. The van der Waals surface area contributed by atoms with Crippen LogP contribution in [0.2, 0.25) is 0 Å². The summed E-state index contributed by atoms with van der Waals surface area (Å²) in [5.74, 6) is 0. The van der Waals surface area contributed by atoms with Crippen molar-refractivity contribution in [2.45, 2.75) is 70.8 Å². The zero-order valence-electron chi connectivity index (χ0n) is 12.9. The lowest BCUT2D eigenvalue weighted by atomic mass is 9.82. The van der Waals surface area contributed by atoms with Crippen LogP contribution in [0.1, 0.15) is 64.7 Å². The second kappa shape index (κ2) is 6.13. The molecule has 1 aliphatic carbocycles. The highest BCUT2D eigenvalue weighted by Crippen LogP contribution is 2.41. The Hall–Kier alpha value is -0.0800. The van der Waals surface area contributed by atoms with Crippen LogP contribution >= 0.6 is 0 Å². The van der Waals surface area contributed by atoms with Crippen LogP contribution < -0.4 is 0 Å². The second-order valence-corrected chi connectivity index (χ2v) is 7.33. The van der Waals surface area contributed by atoms with Crippen LogP contribution in [0.3, 0.4) is 0 Å². The maximum atomic E-state index is 2.84. The zero-order chi connectivity index (χ0) is 13.1. The standard InChI is InChI=1S/C17H32N2/c1-2-17(9-4-5-10-17)15-18-11-7-13-19-12-6-3-8-16(19)14-18/h16H,2-15H2,1H3. The Morgan fingerprint density at radius 1 is 0.947 bits per heavy atom. The van der Waals surface area contributed by atoms with Gasteiger partial charge in [0.25, 0.3) is 0 Å². The Morgan fingerprint density at radius 2 is 1.74 bits per heavy atom. The van der Waals surface area contributed by atoms with Crippen LogP contribution in [0.5, 0.6) is 0 Å². The van der Waals surface area contributed by atoms with E-state index in [4.69, 9.17) is 0 Å². The molecule has 0 aromatic rings. The first kappa shape index (κ1) is 13.9. The van der Waals surface area contributed by atoms with Gasteiger partial charge in [0.1, 0.15) is 0 Å². The van der Waals surface area contributed by atoms with Crippen molar-refractivity contribution in [2.75, 3.05) is 32.7 Å². The van der Waals surface area contributed by atoms with E-state index in [0.717, 1.165) is 6.04 Å². The van der Waals surface area contributed by atoms with Crippen molar-refractivity contribution in [3.05, 3.63) is 0 Å². The molecule has 19 heavy (non-hydrogen) atoms. The molecule has 1 unspecified atom stereocenters. The van der Waals surface area contributed by atoms with Gasteiger partial charge in [-0.3, -0.25) is 4.90 Å². The van der Waals surface area contributed by atoms with E-state index >= 15 is 0 Å². The monoisotopic (exact) mass is 264 g/mol. The van der Waals surface area contributed by atoms with Gasteiger partial charge in [-0.25, -0.2) is 0 Å². The molecule has 3 fully saturated rings. The van der Waals surface area contributed by atoms with Gasteiger partial charge in [0, 0.05) is 19.1 Å². The van der Waals surface area contributed by atoms with Gasteiger partial charge in [0.15, 0.2) is 0 Å². The molecule has 2 aliphatic heterocycles. The van der Waals surface area contributed by atoms with Gasteiger partial charge in [-0.05, 0) is 63.6 Å². The Kier molecular flexibility index (Phi) is 4.48. The van der Waals surface area contributed by atoms with Crippen LogP contribution in [-0.2, 0) is 0 Å². The SMILES string of the molecule is CCC1(CN2CCCN3CCCCC3C2)CCCC1. The summed E-state index contributed by atoms with van der Waals surface area (Å²) in [5, 5.41) is 0. The van der Waals surface area contributed by atoms with E-state index < -0.39 is 0 Å². The number of fused-ring (bicyclic) bond motifs is 1. The number of hydrogen-bond acceptors (Lipinski definition) is 2. The summed E-state index contributed by atoms with van der Waals surface area (Å²) < 4.78 is 0. The van der Waals surface area contributed by atoms with Gasteiger partial charge < -0.3 is 4.90 Å². The lowest BCUT2D eigenvalue weighted by Crippen LogP contribution is -2.46. The Morgan fingerprint density at radius 3 is 2.53 bits per heavy atom. The fourth-order valence-electron chi connectivity index (χ4n) is 4.81. The van der Waals surface area contributed by atoms with Crippen molar-refractivity contribution in [2.24, 2.45) is 5.41 Å². The first-order valence-corrected chi connectivity index (χ1v) is 8.78. The van der Waals surface area contributed by atoms with Gasteiger partial charge in [0.2, 0.25) is 0 Å². The van der Waals surface area contributed by atoms with E-state index in [-0.39, 0.29) is 0 Å². The number of nitrogens with zero attached hydrogens (tertiary/aromatic N) is 2. The quantitative estimate of drug-likeness (QED) is 0.769. The summed E-state index contributed by atoms with van der Waals surface area (Å²) in [6.07, 6.45) is 13.1. The van der Waals surface area contributed by atoms with Gasteiger partial charge in [-0.1, -0.05) is 26.2 Å². The van der Waals surface area contributed by atoms with Crippen LogP contribution in [0.4, 0.5) is 0 Å². The smallest absolute Gasteiger partial charge is 0.0223 e. The van der Waals surface area contributed by atoms with Crippen molar-refractivity contribution in [1.29, 1.82) is 0 Å². The molecule has 0 bridgehead atoms. The lowest BCUT2D eigenvalue weighted by molar-refractivity contribution is 0.107. The molecule has 1 saturated carbocycles. The maximum absolute atomic E-state index is 2.84. The topological polar surface area (TPSA) is 6.48 Å². The van der Waals surface area contributed by atoms with Crippen LogP contribution in [-0.4, -0.2) is 48.6 Å². The molecule has 0 N–H and O–H groups in total. The van der Waals surface area contributed by atoms with Gasteiger partial charge in [-0.15, -0.1) is 0 Å². The molecule has 3 aliphatic rings. The van der Waals surface area contributed by atoms with Crippen molar-refractivity contribution < 1.29 is 0 Å². The minimum atomic E-state index is 0.684. The molecule has 0 amide bonds. The average molecular weight is 264 g/mol. The third-order valence-corrected chi connectivity index (χ3v) is 6.11. The molecule has 2 heterocycles. The Labute approximate surface area is 119 Å². The molecule has 0 aromatic carbocycles. The Bertz CT molecular complexity index is 283. The molecule has 0 radical (unpaired) electrons. The van der Waals surface area contributed by atoms with E-state index in [1.165, 1.54) is 90.5 Å². The van der Waals surface area contributed by atoms with Crippen molar-refractivity contribution in [3.8, 4) is 0 Å². The predicted octanol–water partition coefficient (Wildman–Crippen LogP) is 3.52. The largest absolute Gasteiger partial charge is 0.301 e. The molecular formula is C17H32N2. The molecular weight excluding hydrogens is 232 g/mol. The van der Waals surface area contributed by atoms with Crippen LogP contribution in [0, 0.1) is 5.41 Å². The Balaban J connectivity index is 1.61. The normalized spacial score (nSPS) is 33.0. The van der Waals surface area contributed by atoms with E-state index in [1.54, 1.807) is 0 Å². The molecule has 2 heteroatoms. The molecule has 0 spiro atoms. The van der Waals surface area contributed by atoms with Crippen LogP contribution in [0.15, 0.2) is 0 Å². The second-order valence-electron chi connectivity index (χ2n) is 7.33. The molecule has 1 atom stereocenters. The van der Waals surface area contributed by atoms with Gasteiger partial charge in [0.05, 0.1) is 0 Å². The molecule has 0 aromatic heterocycles. The van der Waals surface area contributed by atoms with E-state index in [2.05, 4.69) is 16.7 Å². The summed E-state index contributed by atoms with van der Waals surface area (Å²) in [4.78, 5) is 5.63.